The van der Waals surface area contributed by atoms with E-state index in [0.29, 0.717) is 16.9 Å². The van der Waals surface area contributed by atoms with E-state index in [1.54, 1.807) is 36.4 Å². The number of thioether (sulfide) groups is 1. The SMILES string of the molecule is COc1cccc(/C=C2\SC(=O)N(Cc3ccccc3Br)C2=O)c1OC(=O)c1ccc(C)cc1. The third-order valence-electron chi connectivity index (χ3n) is 5.16. The number of hydrogen-bond donors (Lipinski definition) is 0. The van der Waals surface area contributed by atoms with Crippen LogP contribution in [0.3, 0.4) is 0 Å². The number of aryl methyl sites for hydroxylation is 1. The number of amides is 2. The van der Waals surface area contributed by atoms with Gasteiger partial charge in [0.05, 0.1) is 24.1 Å². The Bertz CT molecular complexity index is 1300. The predicted molar refractivity (Wildman–Crippen MR) is 135 cm³/mol. The van der Waals surface area contributed by atoms with E-state index in [-0.39, 0.29) is 22.4 Å². The van der Waals surface area contributed by atoms with Crippen molar-refractivity contribution in [2.45, 2.75) is 13.5 Å². The summed E-state index contributed by atoms with van der Waals surface area (Å²) in [4.78, 5) is 39.8. The average molecular weight is 538 g/mol. The Morgan fingerprint density at radius 3 is 2.47 bits per heavy atom. The van der Waals surface area contributed by atoms with Gasteiger partial charge in [0, 0.05) is 10.0 Å². The molecule has 1 aliphatic rings. The number of benzene rings is 3. The third-order valence-corrected chi connectivity index (χ3v) is 6.84. The standard InChI is InChI=1S/C26H20BrNO5S/c1-16-10-12-17(13-11-16)25(30)33-23-18(7-5-9-21(23)32-2)14-22-24(29)28(26(31)34-22)15-19-6-3-4-8-20(19)27/h3-14H,15H2,1-2H3/b22-14-. The summed E-state index contributed by atoms with van der Waals surface area (Å²) in [5, 5.41) is -0.368. The van der Waals surface area contributed by atoms with Crippen molar-refractivity contribution >= 4 is 50.9 Å². The summed E-state index contributed by atoms with van der Waals surface area (Å²) in [6.07, 6.45) is 1.55. The molecule has 8 heteroatoms. The van der Waals surface area contributed by atoms with Crippen molar-refractivity contribution < 1.29 is 23.9 Å². The third kappa shape index (κ3) is 5.08. The molecule has 3 aromatic rings. The number of nitrogens with zero attached hydrogens (tertiary/aromatic N) is 1. The zero-order valence-electron chi connectivity index (χ0n) is 18.4. The highest BCUT2D eigenvalue weighted by Gasteiger charge is 2.35. The van der Waals surface area contributed by atoms with Gasteiger partial charge in [0.25, 0.3) is 11.1 Å². The number of hydrogen-bond acceptors (Lipinski definition) is 6. The van der Waals surface area contributed by atoms with Crippen LogP contribution in [0.4, 0.5) is 4.79 Å². The van der Waals surface area contributed by atoms with Crippen LogP contribution < -0.4 is 9.47 Å². The summed E-state index contributed by atoms with van der Waals surface area (Å²) >= 11 is 4.29. The van der Waals surface area contributed by atoms with Gasteiger partial charge in [0.2, 0.25) is 0 Å². The number of ether oxygens (including phenoxy) is 2. The molecule has 0 N–H and O–H groups in total. The number of imide groups is 1. The van der Waals surface area contributed by atoms with Crippen LogP contribution in [-0.4, -0.2) is 29.1 Å². The number of carbonyl (C=O) groups is 3. The highest BCUT2D eigenvalue weighted by Crippen LogP contribution is 2.38. The first-order valence-corrected chi connectivity index (χ1v) is 11.9. The molecule has 0 bridgehead atoms. The van der Waals surface area contributed by atoms with Gasteiger partial charge in [-0.3, -0.25) is 14.5 Å². The van der Waals surface area contributed by atoms with E-state index in [1.807, 2.05) is 43.3 Å². The van der Waals surface area contributed by atoms with Crippen LogP contribution in [0.2, 0.25) is 0 Å². The van der Waals surface area contributed by atoms with E-state index >= 15 is 0 Å². The van der Waals surface area contributed by atoms with Crippen molar-refractivity contribution in [3.63, 3.8) is 0 Å². The Kier molecular flexibility index (Phi) is 7.19. The van der Waals surface area contributed by atoms with E-state index in [0.717, 1.165) is 27.4 Å². The van der Waals surface area contributed by atoms with Gasteiger partial charge in [0.1, 0.15) is 0 Å². The predicted octanol–water partition coefficient (Wildman–Crippen LogP) is 6.22. The maximum Gasteiger partial charge on any atom is 0.343 e. The molecule has 1 heterocycles. The fourth-order valence-electron chi connectivity index (χ4n) is 3.33. The van der Waals surface area contributed by atoms with Gasteiger partial charge in [-0.1, -0.05) is 64.0 Å². The van der Waals surface area contributed by atoms with Gasteiger partial charge in [-0.05, 0) is 54.6 Å². The molecule has 3 aromatic carbocycles. The van der Waals surface area contributed by atoms with Crippen LogP contribution in [0.1, 0.15) is 27.0 Å². The van der Waals surface area contributed by atoms with Gasteiger partial charge >= 0.3 is 5.97 Å². The van der Waals surface area contributed by atoms with Crippen molar-refractivity contribution in [2.75, 3.05) is 7.11 Å². The number of methoxy groups -OCH3 is 1. The molecule has 1 fully saturated rings. The topological polar surface area (TPSA) is 72.9 Å². The molecule has 34 heavy (non-hydrogen) atoms. The Morgan fingerprint density at radius 2 is 1.76 bits per heavy atom. The molecule has 0 unspecified atom stereocenters. The second-order valence-electron chi connectivity index (χ2n) is 7.49. The first-order chi connectivity index (χ1) is 16.4. The van der Waals surface area contributed by atoms with Gasteiger partial charge in [0.15, 0.2) is 11.5 Å². The minimum absolute atomic E-state index is 0.150. The molecule has 1 saturated heterocycles. The number of carbonyl (C=O) groups excluding carboxylic acids is 3. The number of para-hydroxylation sites is 1. The van der Waals surface area contributed by atoms with Crippen molar-refractivity contribution in [1.29, 1.82) is 0 Å². The number of rotatable bonds is 6. The zero-order valence-corrected chi connectivity index (χ0v) is 20.8. The number of halogens is 1. The largest absolute Gasteiger partial charge is 0.493 e. The van der Waals surface area contributed by atoms with E-state index in [2.05, 4.69) is 15.9 Å². The van der Waals surface area contributed by atoms with Crippen LogP contribution in [0, 0.1) is 6.92 Å². The van der Waals surface area contributed by atoms with E-state index in [9.17, 15) is 14.4 Å². The molecule has 0 atom stereocenters. The Labute approximate surface area is 209 Å². The van der Waals surface area contributed by atoms with Crippen LogP contribution in [0.25, 0.3) is 6.08 Å². The van der Waals surface area contributed by atoms with Crippen molar-refractivity contribution in [3.8, 4) is 11.5 Å². The molecule has 172 valence electrons. The lowest BCUT2D eigenvalue weighted by molar-refractivity contribution is -0.123. The highest BCUT2D eigenvalue weighted by atomic mass is 79.9. The van der Waals surface area contributed by atoms with E-state index in [1.165, 1.54) is 12.0 Å². The minimum atomic E-state index is -0.554. The summed E-state index contributed by atoms with van der Waals surface area (Å²) in [6, 6.07) is 19.5. The fraction of sp³-hybridized carbons (Fsp3) is 0.115. The summed E-state index contributed by atoms with van der Waals surface area (Å²) < 4.78 is 11.9. The Morgan fingerprint density at radius 1 is 1.03 bits per heavy atom. The molecule has 0 radical (unpaired) electrons. The summed E-state index contributed by atoms with van der Waals surface area (Å²) in [6.45, 7) is 2.08. The lowest BCUT2D eigenvalue weighted by Gasteiger charge is -2.14. The normalized spacial score (nSPS) is 14.6. The fourth-order valence-corrected chi connectivity index (χ4v) is 4.57. The molecular weight excluding hydrogens is 518 g/mol. The molecular formula is C26H20BrNO5S. The maximum absolute atomic E-state index is 13.0. The van der Waals surface area contributed by atoms with Crippen LogP contribution >= 0.6 is 27.7 Å². The summed E-state index contributed by atoms with van der Waals surface area (Å²) in [7, 11) is 1.47. The smallest absolute Gasteiger partial charge is 0.343 e. The van der Waals surface area contributed by atoms with Crippen LogP contribution in [0.5, 0.6) is 11.5 Å². The average Bonchev–Trinajstić information content (AvgIpc) is 3.09. The quantitative estimate of drug-likeness (QED) is 0.211. The molecule has 6 nitrogen and oxygen atoms in total. The monoisotopic (exact) mass is 537 g/mol. The molecule has 4 rings (SSSR count). The van der Waals surface area contributed by atoms with Gasteiger partial charge in [-0.25, -0.2) is 4.79 Å². The first-order valence-electron chi connectivity index (χ1n) is 10.3. The van der Waals surface area contributed by atoms with Gasteiger partial charge in [-0.15, -0.1) is 0 Å². The first kappa shape index (κ1) is 23.8. The molecule has 0 saturated carbocycles. The van der Waals surface area contributed by atoms with Crippen molar-refractivity contribution in [3.05, 3.63) is 98.4 Å². The van der Waals surface area contributed by atoms with Crippen LogP contribution in [0.15, 0.2) is 76.1 Å². The molecule has 0 aromatic heterocycles. The lowest BCUT2D eigenvalue weighted by Crippen LogP contribution is -2.27. The van der Waals surface area contributed by atoms with E-state index in [4.69, 9.17) is 9.47 Å². The second-order valence-corrected chi connectivity index (χ2v) is 9.34. The summed E-state index contributed by atoms with van der Waals surface area (Å²) in [5.41, 5.74) is 2.68. The van der Waals surface area contributed by atoms with Gasteiger partial charge in [-0.2, -0.15) is 0 Å². The molecule has 2 amide bonds. The molecule has 0 aliphatic carbocycles. The van der Waals surface area contributed by atoms with Crippen molar-refractivity contribution in [1.82, 2.24) is 4.90 Å². The highest BCUT2D eigenvalue weighted by molar-refractivity contribution is 9.10. The van der Waals surface area contributed by atoms with Gasteiger partial charge < -0.3 is 9.47 Å². The second kappa shape index (κ2) is 10.3. The summed E-state index contributed by atoms with van der Waals surface area (Å²) in [5.74, 6) is -0.458. The lowest BCUT2D eigenvalue weighted by atomic mass is 10.1. The van der Waals surface area contributed by atoms with Crippen LogP contribution in [-0.2, 0) is 11.3 Å². The molecule has 0 spiro atoms. The molecule has 1 aliphatic heterocycles. The minimum Gasteiger partial charge on any atom is -0.493 e. The Balaban J connectivity index is 1.63. The zero-order chi connectivity index (χ0) is 24.2. The maximum atomic E-state index is 13.0. The number of esters is 1. The van der Waals surface area contributed by atoms with Crippen molar-refractivity contribution in [2.24, 2.45) is 0 Å². The van der Waals surface area contributed by atoms with E-state index < -0.39 is 11.9 Å². The Hall–Kier alpha value is -3.36.